The lowest BCUT2D eigenvalue weighted by atomic mass is 10.0. The molecule has 0 aliphatic carbocycles. The van der Waals surface area contributed by atoms with E-state index in [9.17, 15) is 0 Å². The largest absolute Gasteiger partial charge is 0.265 e. The third-order valence-corrected chi connectivity index (χ3v) is 4.44. The molecule has 89 valence electrons. The van der Waals surface area contributed by atoms with Crippen LogP contribution in [0.1, 0.15) is 0 Å². The summed E-state index contributed by atoms with van der Waals surface area (Å²) in [6.07, 6.45) is 3.67. The molecule has 1 radical (unpaired) electrons. The average Bonchev–Trinajstić information content (AvgIpc) is 2.86. The summed E-state index contributed by atoms with van der Waals surface area (Å²) in [5.74, 6) is 0. The second-order valence-corrected chi connectivity index (χ2v) is 5.53. The molecule has 0 fully saturated rings. The number of fused-ring (bicyclic) bond motifs is 3. The lowest BCUT2D eigenvalue weighted by Gasteiger charge is -2.03. The Morgan fingerprint density at radius 1 is 0.895 bits per heavy atom. The van der Waals surface area contributed by atoms with E-state index in [1.807, 2.05) is 23.7 Å². The van der Waals surface area contributed by atoms with Gasteiger partial charge in [0.2, 0.25) is 0 Å². The van der Waals surface area contributed by atoms with Gasteiger partial charge in [0.25, 0.3) is 0 Å². The first-order valence-electron chi connectivity index (χ1n) is 6.15. The van der Waals surface area contributed by atoms with E-state index in [1.54, 1.807) is 0 Å². The van der Waals surface area contributed by atoms with Gasteiger partial charge in [0.1, 0.15) is 0 Å². The third kappa shape index (κ3) is 1.65. The fourth-order valence-corrected chi connectivity index (χ4v) is 3.59. The van der Waals surface area contributed by atoms with Crippen LogP contribution in [-0.2, 0) is 0 Å². The highest BCUT2D eigenvalue weighted by molar-refractivity contribution is 7.25. The molecule has 0 spiro atoms. The number of thiophene rings is 1. The van der Waals surface area contributed by atoms with Crippen LogP contribution in [-0.4, -0.2) is 4.98 Å². The van der Waals surface area contributed by atoms with Crippen molar-refractivity contribution in [2.24, 2.45) is 0 Å². The minimum absolute atomic E-state index is 1.19. The SMILES string of the molecule is [c]1cc(-c2ccncc2)c2c(c1)sc1ccccc12. The average molecular weight is 260 g/mol. The van der Waals surface area contributed by atoms with Gasteiger partial charge in [-0.15, -0.1) is 11.3 Å². The summed E-state index contributed by atoms with van der Waals surface area (Å²) in [7, 11) is 0. The molecule has 1 nitrogen and oxygen atoms in total. The zero-order chi connectivity index (χ0) is 12.7. The number of rotatable bonds is 1. The van der Waals surface area contributed by atoms with Crippen LogP contribution in [0.15, 0.2) is 60.9 Å². The molecule has 19 heavy (non-hydrogen) atoms. The van der Waals surface area contributed by atoms with Crippen molar-refractivity contribution >= 4 is 31.5 Å². The lowest BCUT2D eigenvalue weighted by molar-refractivity contribution is 1.33. The van der Waals surface area contributed by atoms with E-state index in [0.717, 1.165) is 0 Å². The third-order valence-electron chi connectivity index (χ3n) is 3.33. The summed E-state index contributed by atoms with van der Waals surface area (Å²) in [6, 6.07) is 20.1. The molecule has 0 atom stereocenters. The van der Waals surface area contributed by atoms with Crippen molar-refractivity contribution in [2.75, 3.05) is 0 Å². The van der Waals surface area contributed by atoms with Crippen molar-refractivity contribution in [1.29, 1.82) is 0 Å². The lowest BCUT2D eigenvalue weighted by Crippen LogP contribution is -1.79. The molecule has 0 saturated heterocycles. The maximum absolute atomic E-state index is 4.09. The van der Waals surface area contributed by atoms with Gasteiger partial charge in [-0.3, -0.25) is 4.98 Å². The van der Waals surface area contributed by atoms with E-state index in [4.69, 9.17) is 0 Å². The van der Waals surface area contributed by atoms with Crippen molar-refractivity contribution in [3.05, 3.63) is 67.0 Å². The molecule has 2 heterocycles. The van der Waals surface area contributed by atoms with E-state index >= 15 is 0 Å². The van der Waals surface area contributed by atoms with Crippen LogP contribution in [0.25, 0.3) is 31.3 Å². The van der Waals surface area contributed by atoms with Crippen molar-refractivity contribution < 1.29 is 0 Å². The van der Waals surface area contributed by atoms with Crippen molar-refractivity contribution in [1.82, 2.24) is 4.98 Å². The summed E-state index contributed by atoms with van der Waals surface area (Å²) in [6.45, 7) is 0. The van der Waals surface area contributed by atoms with Crippen LogP contribution in [0.2, 0.25) is 0 Å². The Bertz CT molecular complexity index is 862. The van der Waals surface area contributed by atoms with Gasteiger partial charge >= 0.3 is 0 Å². The quantitative estimate of drug-likeness (QED) is 0.473. The van der Waals surface area contributed by atoms with Crippen LogP contribution < -0.4 is 0 Å². The molecule has 0 bridgehead atoms. The molecule has 2 aromatic carbocycles. The van der Waals surface area contributed by atoms with Gasteiger partial charge in [-0.2, -0.15) is 0 Å². The Kier molecular flexibility index (Phi) is 2.35. The summed E-state index contributed by atoms with van der Waals surface area (Å²) in [5, 5.41) is 2.65. The van der Waals surface area contributed by atoms with Crippen molar-refractivity contribution in [2.45, 2.75) is 0 Å². The van der Waals surface area contributed by atoms with E-state index in [0.29, 0.717) is 0 Å². The molecular weight excluding hydrogens is 250 g/mol. The molecule has 0 saturated carbocycles. The first kappa shape index (κ1) is 10.7. The summed E-state index contributed by atoms with van der Waals surface area (Å²) in [4.78, 5) is 4.09. The highest BCUT2D eigenvalue weighted by Gasteiger charge is 2.09. The Hall–Kier alpha value is -2.19. The molecule has 4 rings (SSSR count). The summed E-state index contributed by atoms with van der Waals surface area (Å²) < 4.78 is 2.61. The monoisotopic (exact) mass is 260 g/mol. The topological polar surface area (TPSA) is 12.9 Å². The first-order chi connectivity index (χ1) is 9.43. The maximum Gasteiger partial charge on any atom is 0.0367 e. The van der Waals surface area contributed by atoms with Gasteiger partial charge in [0, 0.05) is 32.6 Å². The zero-order valence-corrected chi connectivity index (χ0v) is 10.9. The number of hydrogen-bond acceptors (Lipinski definition) is 2. The Morgan fingerprint density at radius 3 is 2.63 bits per heavy atom. The number of hydrogen-bond donors (Lipinski definition) is 0. The second kappa shape index (κ2) is 4.18. The molecule has 0 aliphatic rings. The van der Waals surface area contributed by atoms with Crippen LogP contribution >= 0.6 is 11.3 Å². The summed E-state index contributed by atoms with van der Waals surface area (Å²) >= 11 is 1.82. The maximum atomic E-state index is 4.09. The normalized spacial score (nSPS) is 11.2. The molecule has 4 aromatic rings. The van der Waals surface area contributed by atoms with Gasteiger partial charge in [0.05, 0.1) is 0 Å². The highest BCUT2D eigenvalue weighted by Crippen LogP contribution is 2.39. The van der Waals surface area contributed by atoms with Crippen molar-refractivity contribution in [3.8, 4) is 11.1 Å². The van der Waals surface area contributed by atoms with Crippen LogP contribution in [0.4, 0.5) is 0 Å². The van der Waals surface area contributed by atoms with E-state index in [1.165, 1.54) is 31.3 Å². The molecule has 0 aliphatic heterocycles. The summed E-state index contributed by atoms with van der Waals surface area (Å²) in [5.41, 5.74) is 2.43. The van der Waals surface area contributed by atoms with E-state index < -0.39 is 0 Å². The minimum Gasteiger partial charge on any atom is -0.265 e. The number of nitrogens with zero attached hydrogens (tertiary/aromatic N) is 1. The van der Waals surface area contributed by atoms with E-state index in [-0.39, 0.29) is 0 Å². The van der Waals surface area contributed by atoms with Crippen LogP contribution in [0.5, 0.6) is 0 Å². The molecule has 0 amide bonds. The fourth-order valence-electron chi connectivity index (χ4n) is 2.48. The first-order valence-corrected chi connectivity index (χ1v) is 6.97. The molecule has 0 unspecified atom stereocenters. The highest BCUT2D eigenvalue weighted by atomic mass is 32.1. The molecular formula is C17H10NS. The van der Waals surface area contributed by atoms with Crippen molar-refractivity contribution in [3.63, 3.8) is 0 Å². The second-order valence-electron chi connectivity index (χ2n) is 4.44. The predicted molar refractivity (Wildman–Crippen MR) is 81.4 cm³/mol. The van der Waals surface area contributed by atoms with Gasteiger partial charge in [-0.25, -0.2) is 0 Å². The van der Waals surface area contributed by atoms with Gasteiger partial charge in [0.15, 0.2) is 0 Å². The molecule has 0 N–H and O–H groups in total. The smallest absolute Gasteiger partial charge is 0.0367 e. The van der Waals surface area contributed by atoms with Gasteiger partial charge in [-0.1, -0.05) is 18.2 Å². The molecule has 2 heteroatoms. The Balaban J connectivity index is 2.17. The van der Waals surface area contributed by atoms with Crippen LogP contribution in [0, 0.1) is 6.07 Å². The Labute approximate surface area is 115 Å². The zero-order valence-electron chi connectivity index (χ0n) is 10.1. The minimum atomic E-state index is 1.19. The van der Waals surface area contributed by atoms with Gasteiger partial charge in [-0.05, 0) is 47.5 Å². The number of benzene rings is 2. The predicted octanol–water partition coefficient (Wildman–Crippen LogP) is 4.92. The molecule has 2 aromatic heterocycles. The van der Waals surface area contributed by atoms with Gasteiger partial charge < -0.3 is 0 Å². The van der Waals surface area contributed by atoms with Crippen LogP contribution in [0.3, 0.4) is 0 Å². The standard InChI is InChI=1S/C17H10NS/c1-2-6-15-14(4-1)17-13(5-3-7-16(17)19-15)12-8-10-18-11-9-12/h1-2,4-11H. The Morgan fingerprint density at radius 2 is 1.74 bits per heavy atom. The number of aromatic nitrogens is 1. The number of pyridine rings is 1. The van der Waals surface area contributed by atoms with E-state index in [2.05, 4.69) is 59.6 Å². The fraction of sp³-hybridized carbons (Fsp3) is 0.